The van der Waals surface area contributed by atoms with Crippen LogP contribution < -0.4 is 15.8 Å². The SMILES string of the molecule is Cc1cc(NC(=O)c2ccccc2)ccc1Oc1ncccc1-c1ccnc(N)n1. The number of hydrogen-bond acceptors (Lipinski definition) is 6. The summed E-state index contributed by atoms with van der Waals surface area (Å²) in [5.74, 6) is 1.03. The molecule has 0 fully saturated rings. The molecule has 0 aliphatic rings. The van der Waals surface area contributed by atoms with E-state index in [4.69, 9.17) is 10.5 Å². The predicted octanol–water partition coefficient (Wildman–Crippen LogP) is 4.47. The number of carbonyl (C=O) groups excluding carboxylic acids is 1. The molecule has 0 spiro atoms. The molecule has 7 nitrogen and oxygen atoms in total. The first-order chi connectivity index (χ1) is 14.6. The van der Waals surface area contributed by atoms with Crippen molar-refractivity contribution in [1.82, 2.24) is 15.0 Å². The highest BCUT2D eigenvalue weighted by Crippen LogP contribution is 2.32. The first kappa shape index (κ1) is 19.1. The van der Waals surface area contributed by atoms with E-state index in [9.17, 15) is 4.79 Å². The standard InChI is InChI=1S/C23H19N5O2/c1-15-14-17(27-21(29)16-6-3-2-4-7-16)9-10-20(15)30-22-18(8-5-12-25-22)19-11-13-26-23(24)28-19/h2-14H,1H3,(H,27,29)(H2,24,26,28). The van der Waals surface area contributed by atoms with Crippen molar-refractivity contribution in [2.75, 3.05) is 11.1 Å². The van der Waals surface area contributed by atoms with Crippen molar-refractivity contribution in [2.24, 2.45) is 0 Å². The van der Waals surface area contributed by atoms with Gasteiger partial charge in [-0.05, 0) is 61.0 Å². The third kappa shape index (κ3) is 4.25. The molecule has 2 heterocycles. The van der Waals surface area contributed by atoms with Crippen LogP contribution >= 0.6 is 0 Å². The zero-order valence-corrected chi connectivity index (χ0v) is 16.2. The smallest absolute Gasteiger partial charge is 0.255 e. The summed E-state index contributed by atoms with van der Waals surface area (Å²) in [4.78, 5) is 24.9. The molecule has 0 bridgehead atoms. The summed E-state index contributed by atoms with van der Waals surface area (Å²) < 4.78 is 6.05. The van der Waals surface area contributed by atoms with E-state index < -0.39 is 0 Å². The van der Waals surface area contributed by atoms with E-state index in [1.165, 1.54) is 0 Å². The molecule has 1 amide bonds. The largest absolute Gasteiger partial charge is 0.438 e. The summed E-state index contributed by atoms with van der Waals surface area (Å²) in [5.41, 5.74) is 9.15. The Bertz CT molecular complexity index is 1200. The van der Waals surface area contributed by atoms with Crippen molar-refractivity contribution in [3.05, 3.63) is 90.3 Å². The van der Waals surface area contributed by atoms with Crippen molar-refractivity contribution in [3.8, 4) is 22.9 Å². The number of benzene rings is 2. The highest BCUT2D eigenvalue weighted by atomic mass is 16.5. The Morgan fingerprint density at radius 1 is 0.967 bits per heavy atom. The van der Waals surface area contributed by atoms with Gasteiger partial charge in [0, 0.05) is 23.6 Å². The minimum Gasteiger partial charge on any atom is -0.438 e. The molecular weight excluding hydrogens is 378 g/mol. The average Bonchev–Trinajstić information content (AvgIpc) is 2.76. The topological polar surface area (TPSA) is 103 Å². The number of nitrogens with one attached hydrogen (secondary N) is 1. The second-order valence-electron chi connectivity index (χ2n) is 6.56. The Labute approximate surface area is 173 Å². The molecule has 2 aromatic heterocycles. The van der Waals surface area contributed by atoms with Crippen LogP contribution in [0, 0.1) is 6.92 Å². The van der Waals surface area contributed by atoms with Gasteiger partial charge in [-0.3, -0.25) is 4.79 Å². The molecule has 30 heavy (non-hydrogen) atoms. The molecule has 148 valence electrons. The molecule has 7 heteroatoms. The molecular formula is C23H19N5O2. The summed E-state index contributed by atoms with van der Waals surface area (Å²) in [7, 11) is 0. The lowest BCUT2D eigenvalue weighted by Gasteiger charge is -2.13. The van der Waals surface area contributed by atoms with Crippen LogP contribution in [0.15, 0.2) is 79.1 Å². The van der Waals surface area contributed by atoms with E-state index in [2.05, 4.69) is 20.3 Å². The summed E-state index contributed by atoms with van der Waals surface area (Å²) in [6.45, 7) is 1.90. The van der Waals surface area contributed by atoms with Gasteiger partial charge in [-0.15, -0.1) is 0 Å². The average molecular weight is 397 g/mol. The van der Waals surface area contributed by atoms with Crippen LogP contribution in [0.2, 0.25) is 0 Å². The van der Waals surface area contributed by atoms with Gasteiger partial charge in [-0.25, -0.2) is 15.0 Å². The lowest BCUT2D eigenvalue weighted by Crippen LogP contribution is -2.11. The normalized spacial score (nSPS) is 10.4. The molecule has 0 aliphatic carbocycles. The van der Waals surface area contributed by atoms with E-state index in [1.54, 1.807) is 48.8 Å². The minimum absolute atomic E-state index is 0.169. The quantitative estimate of drug-likeness (QED) is 0.515. The number of carbonyl (C=O) groups is 1. The summed E-state index contributed by atoms with van der Waals surface area (Å²) >= 11 is 0. The maximum Gasteiger partial charge on any atom is 0.255 e. The molecule has 0 saturated heterocycles. The third-order valence-corrected chi connectivity index (χ3v) is 4.40. The van der Waals surface area contributed by atoms with Crippen molar-refractivity contribution < 1.29 is 9.53 Å². The highest BCUT2D eigenvalue weighted by Gasteiger charge is 2.13. The number of aromatic nitrogens is 3. The summed E-state index contributed by atoms with van der Waals surface area (Å²) in [5, 5.41) is 2.89. The second-order valence-corrected chi connectivity index (χ2v) is 6.56. The van der Waals surface area contributed by atoms with Crippen LogP contribution in [-0.2, 0) is 0 Å². The number of amides is 1. The first-order valence-corrected chi connectivity index (χ1v) is 9.29. The Kier molecular flexibility index (Phi) is 5.34. The van der Waals surface area contributed by atoms with Crippen molar-refractivity contribution in [2.45, 2.75) is 6.92 Å². The Morgan fingerprint density at radius 2 is 1.80 bits per heavy atom. The van der Waals surface area contributed by atoms with Crippen molar-refractivity contribution in [1.29, 1.82) is 0 Å². The van der Waals surface area contributed by atoms with Gasteiger partial charge in [0.2, 0.25) is 11.8 Å². The van der Waals surface area contributed by atoms with Gasteiger partial charge >= 0.3 is 0 Å². The number of nitrogens with two attached hydrogens (primary N) is 1. The number of aryl methyl sites for hydroxylation is 1. The fraction of sp³-hybridized carbons (Fsp3) is 0.0435. The van der Waals surface area contributed by atoms with E-state index in [1.807, 2.05) is 37.3 Å². The number of anilines is 2. The third-order valence-electron chi connectivity index (χ3n) is 4.40. The molecule has 4 aromatic rings. The second kappa shape index (κ2) is 8.40. The molecule has 4 rings (SSSR count). The van der Waals surface area contributed by atoms with Gasteiger partial charge in [0.1, 0.15) is 5.75 Å². The van der Waals surface area contributed by atoms with Gasteiger partial charge in [-0.1, -0.05) is 18.2 Å². The molecule has 2 aromatic carbocycles. The Balaban J connectivity index is 1.56. The summed E-state index contributed by atoms with van der Waals surface area (Å²) in [6.07, 6.45) is 3.23. The zero-order chi connectivity index (χ0) is 20.9. The molecule has 0 radical (unpaired) electrons. The maximum atomic E-state index is 12.4. The Morgan fingerprint density at radius 3 is 2.57 bits per heavy atom. The fourth-order valence-corrected chi connectivity index (χ4v) is 2.93. The number of pyridine rings is 1. The molecule has 3 N–H and O–H groups in total. The first-order valence-electron chi connectivity index (χ1n) is 9.29. The lowest BCUT2D eigenvalue weighted by molar-refractivity contribution is 0.102. The molecule has 0 atom stereocenters. The van der Waals surface area contributed by atoms with Crippen LogP contribution in [0.4, 0.5) is 11.6 Å². The predicted molar refractivity (Wildman–Crippen MR) is 115 cm³/mol. The lowest BCUT2D eigenvalue weighted by atomic mass is 10.1. The van der Waals surface area contributed by atoms with Crippen LogP contribution in [0.5, 0.6) is 11.6 Å². The van der Waals surface area contributed by atoms with Crippen LogP contribution in [0.3, 0.4) is 0 Å². The fourth-order valence-electron chi connectivity index (χ4n) is 2.93. The van der Waals surface area contributed by atoms with Crippen LogP contribution in [0.25, 0.3) is 11.3 Å². The van der Waals surface area contributed by atoms with Crippen LogP contribution in [-0.4, -0.2) is 20.9 Å². The van der Waals surface area contributed by atoms with Crippen LogP contribution in [0.1, 0.15) is 15.9 Å². The zero-order valence-electron chi connectivity index (χ0n) is 16.2. The van der Waals surface area contributed by atoms with Crippen molar-refractivity contribution in [3.63, 3.8) is 0 Å². The molecule has 0 saturated carbocycles. The van der Waals surface area contributed by atoms with Crippen molar-refractivity contribution >= 4 is 17.5 Å². The number of hydrogen-bond donors (Lipinski definition) is 2. The monoisotopic (exact) mass is 397 g/mol. The Hall–Kier alpha value is -4.26. The number of nitrogens with zero attached hydrogens (tertiary/aromatic N) is 3. The minimum atomic E-state index is -0.169. The number of nitrogen functional groups attached to an aromatic ring is 1. The van der Waals surface area contributed by atoms with E-state index in [0.29, 0.717) is 34.1 Å². The van der Waals surface area contributed by atoms with Gasteiger partial charge in [-0.2, -0.15) is 0 Å². The van der Waals surface area contributed by atoms with Gasteiger partial charge < -0.3 is 15.8 Å². The van der Waals surface area contributed by atoms with E-state index in [-0.39, 0.29) is 11.9 Å². The van der Waals surface area contributed by atoms with Gasteiger partial charge in [0.15, 0.2) is 0 Å². The van der Waals surface area contributed by atoms with E-state index in [0.717, 1.165) is 5.56 Å². The number of ether oxygens (including phenoxy) is 1. The molecule has 0 aliphatic heterocycles. The summed E-state index contributed by atoms with van der Waals surface area (Å²) in [6, 6.07) is 19.9. The number of rotatable bonds is 5. The maximum absolute atomic E-state index is 12.4. The van der Waals surface area contributed by atoms with Gasteiger partial charge in [0.05, 0.1) is 11.3 Å². The van der Waals surface area contributed by atoms with E-state index >= 15 is 0 Å². The van der Waals surface area contributed by atoms with Gasteiger partial charge in [0.25, 0.3) is 5.91 Å². The highest BCUT2D eigenvalue weighted by molar-refractivity contribution is 6.04. The molecule has 0 unspecified atom stereocenters.